The van der Waals surface area contributed by atoms with Gasteiger partial charge in [0, 0.05) is 10.0 Å². The van der Waals surface area contributed by atoms with Crippen LogP contribution in [0.1, 0.15) is 21.5 Å². The van der Waals surface area contributed by atoms with Gasteiger partial charge in [0.25, 0.3) is 5.91 Å². The molecule has 0 spiro atoms. The lowest BCUT2D eigenvalue weighted by Crippen LogP contribution is -2.34. The summed E-state index contributed by atoms with van der Waals surface area (Å²) in [5.41, 5.74) is 1.88. The van der Waals surface area contributed by atoms with E-state index in [4.69, 9.17) is 27.9 Å². The lowest BCUT2D eigenvalue weighted by molar-refractivity contribution is 0.0967. The van der Waals surface area contributed by atoms with Crippen molar-refractivity contribution in [2.24, 2.45) is 0 Å². The number of ether oxygens (including phenoxy) is 1. The smallest absolute Gasteiger partial charge is 0.326 e. The summed E-state index contributed by atoms with van der Waals surface area (Å²) in [4.78, 5) is 24.7. The predicted molar refractivity (Wildman–Crippen MR) is 131 cm³/mol. The maximum atomic E-state index is 12.4. The minimum Gasteiger partial charge on any atom is -0.456 e. The summed E-state index contributed by atoms with van der Waals surface area (Å²) in [6.07, 6.45) is 0. The molecule has 0 radical (unpaired) electrons. The van der Waals surface area contributed by atoms with Crippen LogP contribution in [0.2, 0.25) is 10.0 Å². The molecule has 2 N–H and O–H groups in total. The Hall–Kier alpha value is -2.06. The van der Waals surface area contributed by atoms with Gasteiger partial charge in [0.2, 0.25) is 0 Å². The first-order valence-electron chi connectivity index (χ1n) is 8.97. The Morgan fingerprint density at radius 3 is 2.35 bits per heavy atom. The van der Waals surface area contributed by atoms with Crippen molar-refractivity contribution in [3.8, 4) is 11.5 Å². The molecule has 0 heterocycles. The number of halogens is 4. The van der Waals surface area contributed by atoms with Gasteiger partial charge < -0.3 is 10.1 Å². The van der Waals surface area contributed by atoms with Crippen LogP contribution in [-0.2, 0) is 0 Å². The number of urea groups is 1. The molecule has 3 amide bonds. The number of carbonyl (C=O) groups excluding carboxylic acids is 2. The topological polar surface area (TPSA) is 67.4 Å². The highest BCUT2D eigenvalue weighted by atomic mass is 79.9. The normalized spacial score (nSPS) is 10.5. The van der Waals surface area contributed by atoms with Crippen LogP contribution in [-0.4, -0.2) is 11.9 Å². The number of rotatable bonds is 4. The van der Waals surface area contributed by atoms with Crippen LogP contribution < -0.4 is 15.4 Å². The molecule has 0 saturated heterocycles. The Bertz CT molecular complexity index is 1190. The molecule has 0 aliphatic rings. The zero-order chi connectivity index (χ0) is 22.7. The van der Waals surface area contributed by atoms with Crippen LogP contribution in [0.25, 0.3) is 0 Å². The molecule has 0 atom stereocenters. The molecule has 0 saturated carbocycles. The molecule has 5 nitrogen and oxygen atoms in total. The third-order valence-corrected chi connectivity index (χ3v) is 6.27. The summed E-state index contributed by atoms with van der Waals surface area (Å²) in [7, 11) is 0. The van der Waals surface area contributed by atoms with Crippen molar-refractivity contribution < 1.29 is 14.3 Å². The molecule has 0 aliphatic carbocycles. The maximum Gasteiger partial charge on any atom is 0.326 e. The molecule has 160 valence electrons. The van der Waals surface area contributed by atoms with Crippen LogP contribution in [0.5, 0.6) is 11.5 Å². The van der Waals surface area contributed by atoms with E-state index >= 15 is 0 Å². The Kier molecular flexibility index (Phi) is 7.64. The summed E-state index contributed by atoms with van der Waals surface area (Å²) in [5.74, 6) is 0.544. The van der Waals surface area contributed by atoms with Gasteiger partial charge in [0.1, 0.15) is 11.5 Å². The second-order valence-electron chi connectivity index (χ2n) is 6.57. The second kappa shape index (κ2) is 10.0. The lowest BCUT2D eigenvalue weighted by atomic mass is 10.1. The van der Waals surface area contributed by atoms with Crippen LogP contribution >= 0.6 is 55.1 Å². The first-order valence-corrected chi connectivity index (χ1v) is 11.3. The highest BCUT2D eigenvalue weighted by molar-refractivity contribution is 9.11. The quantitative estimate of drug-likeness (QED) is 0.327. The summed E-state index contributed by atoms with van der Waals surface area (Å²) < 4.78 is 7.69. The molecular formula is C22H16Br2Cl2N2O3. The number of amides is 3. The van der Waals surface area contributed by atoms with Gasteiger partial charge >= 0.3 is 6.03 Å². The van der Waals surface area contributed by atoms with Crippen LogP contribution in [0.4, 0.5) is 10.5 Å². The zero-order valence-electron chi connectivity index (χ0n) is 16.4. The minimum absolute atomic E-state index is 0.196. The van der Waals surface area contributed by atoms with Crippen molar-refractivity contribution in [3.05, 3.63) is 84.2 Å². The molecule has 31 heavy (non-hydrogen) atoms. The number of imide groups is 1. The average Bonchev–Trinajstić information content (AvgIpc) is 2.71. The molecular weight excluding hydrogens is 571 g/mol. The van der Waals surface area contributed by atoms with Gasteiger partial charge in [-0.05, 0) is 71.7 Å². The molecule has 0 fully saturated rings. The third-order valence-electron chi connectivity index (χ3n) is 4.36. The van der Waals surface area contributed by atoms with Crippen LogP contribution in [0.3, 0.4) is 0 Å². The van der Waals surface area contributed by atoms with Crippen molar-refractivity contribution in [1.29, 1.82) is 0 Å². The Morgan fingerprint density at radius 2 is 1.68 bits per heavy atom. The molecule has 9 heteroatoms. The molecule has 3 aromatic carbocycles. The van der Waals surface area contributed by atoms with Crippen molar-refractivity contribution in [1.82, 2.24) is 5.32 Å². The van der Waals surface area contributed by atoms with E-state index in [1.807, 2.05) is 18.2 Å². The van der Waals surface area contributed by atoms with E-state index in [9.17, 15) is 9.59 Å². The number of aryl methyl sites for hydroxylation is 1. The summed E-state index contributed by atoms with van der Waals surface area (Å²) >= 11 is 19.4. The van der Waals surface area contributed by atoms with Gasteiger partial charge in [-0.15, -0.1) is 0 Å². The fraction of sp³-hybridized carbons (Fsp3) is 0.0909. The monoisotopic (exact) mass is 584 g/mol. The lowest BCUT2D eigenvalue weighted by Gasteiger charge is -2.17. The average molecular weight is 587 g/mol. The van der Waals surface area contributed by atoms with E-state index in [1.54, 1.807) is 38.1 Å². The molecule has 0 bridgehead atoms. The highest BCUT2D eigenvalue weighted by Crippen LogP contribution is 2.39. The van der Waals surface area contributed by atoms with E-state index in [0.29, 0.717) is 33.3 Å². The number of hydrogen-bond donors (Lipinski definition) is 2. The maximum absolute atomic E-state index is 12.4. The number of hydrogen-bond acceptors (Lipinski definition) is 3. The first-order chi connectivity index (χ1) is 14.7. The van der Waals surface area contributed by atoms with Gasteiger partial charge in [0.15, 0.2) is 0 Å². The number of anilines is 1. The standard InChI is InChI=1S/C22H16Br2Cl2N2O3/c1-11-9-18(31-17-8-7-13(23)10-15(17)24)12(2)19(26)20(11)27-22(30)28-21(29)14-5-3-4-6-16(14)25/h3-10H,1-2H3,(H2,27,28,29,30). The van der Waals surface area contributed by atoms with E-state index < -0.39 is 11.9 Å². The van der Waals surface area contributed by atoms with Crippen molar-refractivity contribution in [3.63, 3.8) is 0 Å². The molecule has 0 aliphatic heterocycles. The molecule has 0 unspecified atom stereocenters. The fourth-order valence-corrected chi connectivity index (χ4v) is 4.38. The summed E-state index contributed by atoms with van der Waals surface area (Å²) in [6.45, 7) is 3.56. The zero-order valence-corrected chi connectivity index (χ0v) is 21.0. The fourth-order valence-electron chi connectivity index (χ4n) is 2.74. The number of carbonyl (C=O) groups is 2. The number of nitrogens with one attached hydrogen (secondary N) is 2. The van der Waals surface area contributed by atoms with E-state index in [2.05, 4.69) is 42.5 Å². The van der Waals surface area contributed by atoms with Crippen molar-refractivity contribution in [2.75, 3.05) is 5.32 Å². The van der Waals surface area contributed by atoms with Crippen LogP contribution in [0.15, 0.2) is 57.5 Å². The van der Waals surface area contributed by atoms with Gasteiger partial charge in [-0.1, -0.05) is 51.3 Å². The molecule has 3 aromatic rings. The van der Waals surface area contributed by atoms with E-state index in [0.717, 1.165) is 8.95 Å². The Labute approximate surface area is 206 Å². The van der Waals surface area contributed by atoms with Gasteiger partial charge in [-0.2, -0.15) is 0 Å². The Morgan fingerprint density at radius 1 is 0.968 bits per heavy atom. The summed E-state index contributed by atoms with van der Waals surface area (Å²) in [5, 5.41) is 5.44. The second-order valence-corrected chi connectivity index (χ2v) is 9.13. The third kappa shape index (κ3) is 5.60. The summed E-state index contributed by atoms with van der Waals surface area (Å²) in [6, 6.07) is 13.0. The van der Waals surface area contributed by atoms with Gasteiger partial charge in [-0.3, -0.25) is 10.1 Å². The van der Waals surface area contributed by atoms with Crippen molar-refractivity contribution >= 4 is 72.7 Å². The first kappa shape index (κ1) is 23.6. The molecule has 3 rings (SSSR count). The van der Waals surface area contributed by atoms with Gasteiger partial charge in [-0.25, -0.2) is 4.79 Å². The predicted octanol–water partition coefficient (Wildman–Crippen LogP) is 7.89. The largest absolute Gasteiger partial charge is 0.456 e. The van der Waals surface area contributed by atoms with Gasteiger partial charge in [0.05, 0.1) is 25.8 Å². The Balaban J connectivity index is 1.79. The molecule has 0 aromatic heterocycles. The van der Waals surface area contributed by atoms with Crippen molar-refractivity contribution in [2.45, 2.75) is 13.8 Å². The SMILES string of the molecule is Cc1cc(Oc2ccc(Br)cc2Br)c(C)c(Cl)c1NC(=O)NC(=O)c1ccccc1Cl. The van der Waals surface area contributed by atoms with Crippen LogP contribution in [0, 0.1) is 13.8 Å². The minimum atomic E-state index is -0.723. The van der Waals surface area contributed by atoms with E-state index in [1.165, 1.54) is 6.07 Å². The highest BCUT2D eigenvalue weighted by Gasteiger charge is 2.18. The number of benzene rings is 3. The van der Waals surface area contributed by atoms with E-state index in [-0.39, 0.29) is 10.6 Å².